The Labute approximate surface area is 184 Å². The minimum atomic E-state index is -0.0782. The van der Waals surface area contributed by atoms with E-state index >= 15 is 0 Å². The van der Waals surface area contributed by atoms with E-state index in [1.54, 1.807) is 0 Å². The van der Waals surface area contributed by atoms with Crippen molar-refractivity contribution in [2.24, 2.45) is 23.2 Å². The molecule has 2 heterocycles. The molecule has 1 aromatic carbocycles. The zero-order valence-electron chi connectivity index (χ0n) is 18.5. The maximum absolute atomic E-state index is 13.8. The number of benzene rings is 1. The SMILES string of the molecule is Nc1n(CCN2CCOCC2)c2ccccc2[n+]1CC(=O)C12CC3CC(CC(C3)C1)C2. The molecule has 166 valence electrons. The summed E-state index contributed by atoms with van der Waals surface area (Å²) in [5, 5.41) is 0. The molecule has 1 aliphatic heterocycles. The first kappa shape index (κ1) is 19.7. The number of nitrogens with zero attached hydrogens (tertiary/aromatic N) is 3. The summed E-state index contributed by atoms with van der Waals surface area (Å²) in [6, 6.07) is 8.37. The van der Waals surface area contributed by atoms with Crippen LogP contribution in [-0.4, -0.2) is 48.1 Å². The number of hydrogen-bond acceptors (Lipinski definition) is 4. The fraction of sp³-hybridized carbons (Fsp3) is 0.680. The predicted molar refractivity (Wildman–Crippen MR) is 119 cm³/mol. The van der Waals surface area contributed by atoms with Crippen LogP contribution < -0.4 is 10.3 Å². The zero-order valence-corrected chi connectivity index (χ0v) is 18.5. The van der Waals surface area contributed by atoms with Gasteiger partial charge in [-0.05, 0) is 68.4 Å². The molecule has 4 aliphatic carbocycles. The largest absolute Gasteiger partial charge is 0.379 e. The number of carbonyl (C=O) groups is 1. The van der Waals surface area contributed by atoms with Gasteiger partial charge in [0, 0.05) is 25.0 Å². The quantitative estimate of drug-likeness (QED) is 0.726. The van der Waals surface area contributed by atoms with Crippen molar-refractivity contribution in [3.63, 3.8) is 0 Å². The highest BCUT2D eigenvalue weighted by molar-refractivity contribution is 5.85. The number of nitrogens with two attached hydrogens (primary N) is 1. The molecule has 4 bridgehead atoms. The van der Waals surface area contributed by atoms with Gasteiger partial charge in [0.25, 0.3) is 0 Å². The molecule has 4 saturated carbocycles. The van der Waals surface area contributed by atoms with Gasteiger partial charge >= 0.3 is 5.95 Å². The number of aromatic nitrogens is 2. The van der Waals surface area contributed by atoms with Gasteiger partial charge in [-0.15, -0.1) is 0 Å². The lowest BCUT2D eigenvalue weighted by Gasteiger charge is -2.55. The average molecular weight is 424 g/mol. The fourth-order valence-electron chi connectivity index (χ4n) is 7.54. The maximum atomic E-state index is 13.8. The van der Waals surface area contributed by atoms with Gasteiger partial charge in [-0.1, -0.05) is 12.1 Å². The van der Waals surface area contributed by atoms with E-state index in [-0.39, 0.29) is 5.41 Å². The van der Waals surface area contributed by atoms with E-state index in [0.717, 1.165) is 87.4 Å². The molecule has 6 nitrogen and oxygen atoms in total. The number of hydrogen-bond donors (Lipinski definition) is 1. The first-order valence-electron chi connectivity index (χ1n) is 12.2. The number of fused-ring (bicyclic) bond motifs is 1. The Balaban J connectivity index is 1.27. The predicted octanol–water partition coefficient (Wildman–Crippen LogP) is 2.63. The second-order valence-electron chi connectivity index (χ2n) is 10.7. The first-order chi connectivity index (χ1) is 15.1. The van der Waals surface area contributed by atoms with Crippen molar-refractivity contribution in [1.82, 2.24) is 9.47 Å². The highest BCUT2D eigenvalue weighted by Crippen LogP contribution is 2.60. The van der Waals surface area contributed by atoms with Crippen LogP contribution in [0.3, 0.4) is 0 Å². The van der Waals surface area contributed by atoms with E-state index in [9.17, 15) is 4.79 Å². The molecule has 6 heteroatoms. The molecule has 0 atom stereocenters. The first-order valence-corrected chi connectivity index (χ1v) is 12.2. The Morgan fingerprint density at radius 2 is 1.68 bits per heavy atom. The Morgan fingerprint density at radius 1 is 1.03 bits per heavy atom. The molecule has 1 saturated heterocycles. The maximum Gasteiger partial charge on any atom is 0.356 e. The highest BCUT2D eigenvalue weighted by atomic mass is 16.5. The molecule has 7 rings (SSSR count). The van der Waals surface area contributed by atoms with Gasteiger partial charge in [0.2, 0.25) is 0 Å². The van der Waals surface area contributed by atoms with Crippen molar-refractivity contribution in [1.29, 1.82) is 0 Å². The second kappa shape index (κ2) is 7.59. The van der Waals surface area contributed by atoms with Gasteiger partial charge in [0.15, 0.2) is 5.78 Å². The highest BCUT2D eigenvalue weighted by Gasteiger charge is 2.54. The van der Waals surface area contributed by atoms with E-state index in [2.05, 4.69) is 38.3 Å². The summed E-state index contributed by atoms with van der Waals surface area (Å²) >= 11 is 0. The number of nitrogen functional groups attached to an aromatic ring is 1. The van der Waals surface area contributed by atoms with Gasteiger partial charge in [0.1, 0.15) is 17.6 Å². The Hall–Kier alpha value is -1.92. The number of ether oxygens (including phenoxy) is 1. The molecular formula is C25H35N4O2+. The lowest BCUT2D eigenvalue weighted by Crippen LogP contribution is -2.54. The summed E-state index contributed by atoms with van der Waals surface area (Å²) < 4.78 is 9.78. The number of carbonyl (C=O) groups excluding carboxylic acids is 1. The number of ketones is 1. The van der Waals surface area contributed by atoms with Gasteiger partial charge < -0.3 is 4.74 Å². The minimum Gasteiger partial charge on any atom is -0.379 e. The topological polar surface area (TPSA) is 64.4 Å². The van der Waals surface area contributed by atoms with Crippen molar-refractivity contribution in [3.05, 3.63) is 24.3 Å². The standard InChI is InChI=1S/C25H34N4O2/c26-24-28(6-5-27-7-9-31-10-8-27)21-3-1-2-4-22(21)29(24)17-23(30)25-14-18-11-19(15-25)13-20(12-18)16-25/h1-4,18-20,26H,5-17H2/p+1. The molecular weight excluding hydrogens is 388 g/mol. The summed E-state index contributed by atoms with van der Waals surface area (Å²) in [6.45, 7) is 5.78. The molecule has 5 fully saturated rings. The number of imidazole rings is 1. The third kappa shape index (κ3) is 3.39. The smallest absolute Gasteiger partial charge is 0.356 e. The lowest BCUT2D eigenvalue weighted by atomic mass is 9.48. The van der Waals surface area contributed by atoms with Crippen LogP contribution in [0.1, 0.15) is 38.5 Å². The van der Waals surface area contributed by atoms with Gasteiger partial charge in [0.05, 0.1) is 19.8 Å². The Bertz CT molecular complexity index is 956. The van der Waals surface area contributed by atoms with E-state index in [0.29, 0.717) is 18.3 Å². The normalized spacial score (nSPS) is 32.7. The number of Topliss-reactive ketones (excluding diaryl/α,β-unsaturated/α-hetero) is 1. The zero-order chi connectivity index (χ0) is 21.0. The number of anilines is 1. The molecule has 1 aromatic heterocycles. The molecule has 2 N–H and O–H groups in total. The van der Waals surface area contributed by atoms with Crippen molar-refractivity contribution in [3.8, 4) is 0 Å². The Morgan fingerprint density at radius 3 is 2.35 bits per heavy atom. The summed E-state index contributed by atoms with van der Waals surface area (Å²) in [5.74, 6) is 3.50. The fourth-order valence-corrected chi connectivity index (χ4v) is 7.54. The number of para-hydroxylation sites is 2. The van der Waals surface area contributed by atoms with Crippen LogP contribution in [0.4, 0.5) is 5.95 Å². The summed E-state index contributed by atoms with van der Waals surface area (Å²) in [7, 11) is 0. The molecule has 5 aliphatic rings. The van der Waals surface area contributed by atoms with E-state index in [1.807, 2.05) is 0 Å². The molecule has 0 radical (unpaired) electrons. The van der Waals surface area contributed by atoms with Crippen LogP contribution in [0.25, 0.3) is 11.0 Å². The number of rotatable bonds is 6. The van der Waals surface area contributed by atoms with Crippen LogP contribution in [0, 0.1) is 23.2 Å². The summed E-state index contributed by atoms with van der Waals surface area (Å²) in [4.78, 5) is 16.2. The monoisotopic (exact) mass is 423 g/mol. The van der Waals surface area contributed by atoms with E-state index in [4.69, 9.17) is 10.5 Å². The minimum absolute atomic E-state index is 0.0782. The number of morpholine rings is 1. The van der Waals surface area contributed by atoms with Crippen LogP contribution in [0.2, 0.25) is 0 Å². The molecule has 31 heavy (non-hydrogen) atoms. The molecule has 2 aromatic rings. The van der Waals surface area contributed by atoms with Gasteiger partial charge in [-0.2, -0.15) is 0 Å². The van der Waals surface area contributed by atoms with Crippen LogP contribution in [0.5, 0.6) is 0 Å². The third-order valence-corrected chi connectivity index (χ3v) is 8.69. The van der Waals surface area contributed by atoms with Crippen LogP contribution in [0.15, 0.2) is 24.3 Å². The van der Waals surface area contributed by atoms with Gasteiger partial charge in [-0.25, -0.2) is 9.13 Å². The van der Waals surface area contributed by atoms with Crippen LogP contribution >= 0.6 is 0 Å². The summed E-state index contributed by atoms with van der Waals surface area (Å²) in [6.07, 6.45) is 7.45. The van der Waals surface area contributed by atoms with E-state index < -0.39 is 0 Å². The second-order valence-corrected chi connectivity index (χ2v) is 10.7. The molecule has 0 unspecified atom stereocenters. The van der Waals surface area contributed by atoms with Crippen molar-refractivity contribution >= 4 is 22.8 Å². The Kier molecular flexibility index (Phi) is 4.83. The molecule has 0 spiro atoms. The summed E-state index contributed by atoms with van der Waals surface area (Å²) in [5.41, 5.74) is 8.84. The third-order valence-electron chi connectivity index (χ3n) is 8.69. The van der Waals surface area contributed by atoms with Gasteiger partial charge in [-0.3, -0.25) is 15.4 Å². The van der Waals surface area contributed by atoms with E-state index in [1.165, 1.54) is 19.3 Å². The average Bonchev–Trinajstić information content (AvgIpc) is 3.03. The van der Waals surface area contributed by atoms with Crippen molar-refractivity contribution < 1.29 is 14.1 Å². The van der Waals surface area contributed by atoms with Crippen LogP contribution in [-0.2, 0) is 22.6 Å². The molecule has 0 amide bonds. The van der Waals surface area contributed by atoms with Crippen molar-refractivity contribution in [2.75, 3.05) is 38.6 Å². The lowest BCUT2D eigenvalue weighted by molar-refractivity contribution is -0.644. The van der Waals surface area contributed by atoms with Crippen molar-refractivity contribution in [2.45, 2.75) is 51.6 Å².